The van der Waals surface area contributed by atoms with Crippen molar-refractivity contribution in [3.05, 3.63) is 262 Å². The van der Waals surface area contributed by atoms with Gasteiger partial charge in [0.1, 0.15) is 11.5 Å². The summed E-state index contributed by atoms with van der Waals surface area (Å²) in [5.74, 6) is 1.67. The summed E-state index contributed by atoms with van der Waals surface area (Å²) < 4.78 is 11.0. The van der Waals surface area contributed by atoms with E-state index in [2.05, 4.69) is 218 Å². The Morgan fingerprint density at radius 2 is 0.581 bits per heavy atom. The monoisotopic (exact) mass is 798 g/mol. The van der Waals surface area contributed by atoms with Crippen LogP contribution in [0.2, 0.25) is 0 Å². The van der Waals surface area contributed by atoms with Gasteiger partial charge in [0.15, 0.2) is 0 Å². The van der Waals surface area contributed by atoms with Crippen molar-refractivity contribution in [1.29, 1.82) is 0 Å². The summed E-state index contributed by atoms with van der Waals surface area (Å²) in [4.78, 5) is 0. The smallest absolute Gasteiger partial charge is 0.118 e. The molecule has 62 heavy (non-hydrogen) atoms. The standard InChI is InChI=1S/C60H46O2/c1-61-57-35-31-49(32-36-57)59(55-29-27-45-15-5-9-19-51(45)39-55)41-53-21-11-7-17-47(53)25-23-43-13-3-4-14-44(43)24-26-48-18-8-12-22-54(48)42-60(50-33-37-58(62-2)38-34-50)56-30-28-46-16-6-10-20-52(46)40-56/h3-42H,1-2H3/b25-23?,26-24?,59-41+,60-42+. The number of ether oxygens (including phenoxy) is 2. The van der Waals surface area contributed by atoms with Gasteiger partial charge < -0.3 is 9.47 Å². The van der Waals surface area contributed by atoms with Crippen LogP contribution in [0, 0.1) is 0 Å². The minimum atomic E-state index is 0.835. The molecule has 0 radical (unpaired) electrons. The number of fused-ring (bicyclic) bond motifs is 2. The molecule has 0 aliphatic heterocycles. The van der Waals surface area contributed by atoms with Gasteiger partial charge in [-0.1, -0.05) is 194 Å². The van der Waals surface area contributed by atoms with E-state index in [9.17, 15) is 0 Å². The first-order valence-electron chi connectivity index (χ1n) is 21.0. The van der Waals surface area contributed by atoms with E-state index in [1.807, 2.05) is 24.3 Å². The lowest BCUT2D eigenvalue weighted by molar-refractivity contribution is 0.414. The summed E-state index contributed by atoms with van der Waals surface area (Å²) >= 11 is 0. The van der Waals surface area contributed by atoms with Crippen LogP contribution in [0.25, 0.3) is 69.1 Å². The molecule has 0 bridgehead atoms. The van der Waals surface area contributed by atoms with Crippen molar-refractivity contribution in [3.63, 3.8) is 0 Å². The Bertz CT molecular complexity index is 2910. The third-order valence-electron chi connectivity index (χ3n) is 11.4. The molecule has 0 atom stereocenters. The highest BCUT2D eigenvalue weighted by atomic mass is 16.5. The molecule has 0 saturated heterocycles. The van der Waals surface area contributed by atoms with E-state index in [-0.39, 0.29) is 0 Å². The van der Waals surface area contributed by atoms with Gasteiger partial charge in [-0.3, -0.25) is 0 Å². The number of benzene rings is 9. The molecular formula is C60H46O2. The highest BCUT2D eigenvalue weighted by Crippen LogP contribution is 2.33. The Morgan fingerprint density at radius 1 is 0.290 bits per heavy atom. The molecule has 0 N–H and O–H groups in total. The molecule has 0 heterocycles. The van der Waals surface area contributed by atoms with Crippen LogP contribution in [0.4, 0.5) is 0 Å². The Hall–Kier alpha value is -7.94. The quantitative estimate of drug-likeness (QED) is 0.115. The molecule has 9 rings (SSSR count). The molecule has 0 fully saturated rings. The molecule has 9 aromatic carbocycles. The first-order valence-corrected chi connectivity index (χ1v) is 21.0. The van der Waals surface area contributed by atoms with Gasteiger partial charge >= 0.3 is 0 Å². The summed E-state index contributed by atoms with van der Waals surface area (Å²) in [6, 6.07) is 72.9. The number of hydrogen-bond donors (Lipinski definition) is 0. The van der Waals surface area contributed by atoms with Crippen LogP contribution >= 0.6 is 0 Å². The van der Waals surface area contributed by atoms with Gasteiger partial charge in [-0.25, -0.2) is 0 Å². The maximum atomic E-state index is 5.51. The number of methoxy groups -OCH3 is 2. The molecule has 298 valence electrons. The van der Waals surface area contributed by atoms with Crippen molar-refractivity contribution in [2.24, 2.45) is 0 Å². The van der Waals surface area contributed by atoms with Crippen LogP contribution in [0.15, 0.2) is 206 Å². The van der Waals surface area contributed by atoms with Crippen LogP contribution in [0.3, 0.4) is 0 Å². The third-order valence-corrected chi connectivity index (χ3v) is 11.4. The Labute approximate surface area is 364 Å². The first kappa shape index (κ1) is 39.5. The summed E-state index contributed by atoms with van der Waals surface area (Å²) in [5.41, 5.74) is 13.7. The van der Waals surface area contributed by atoms with Crippen molar-refractivity contribution >= 4 is 69.1 Å². The van der Waals surface area contributed by atoms with Crippen molar-refractivity contribution in [1.82, 2.24) is 0 Å². The predicted molar refractivity (Wildman–Crippen MR) is 265 cm³/mol. The second-order valence-corrected chi connectivity index (χ2v) is 15.3. The zero-order chi connectivity index (χ0) is 42.1. The first-order chi connectivity index (χ1) is 30.6. The minimum absolute atomic E-state index is 0.835. The Kier molecular flexibility index (Phi) is 11.8. The fourth-order valence-electron chi connectivity index (χ4n) is 7.99. The minimum Gasteiger partial charge on any atom is -0.497 e. The van der Waals surface area contributed by atoms with Crippen LogP contribution in [-0.2, 0) is 0 Å². The van der Waals surface area contributed by atoms with Crippen molar-refractivity contribution in [2.45, 2.75) is 0 Å². The van der Waals surface area contributed by atoms with Crippen LogP contribution in [0.1, 0.15) is 55.6 Å². The summed E-state index contributed by atoms with van der Waals surface area (Å²) in [6.45, 7) is 0. The highest BCUT2D eigenvalue weighted by Gasteiger charge is 2.11. The average Bonchev–Trinajstić information content (AvgIpc) is 3.34. The van der Waals surface area contributed by atoms with Gasteiger partial charge in [0, 0.05) is 0 Å². The van der Waals surface area contributed by atoms with Gasteiger partial charge in [-0.15, -0.1) is 0 Å². The second kappa shape index (κ2) is 18.5. The molecule has 0 aliphatic carbocycles. The summed E-state index contributed by atoms with van der Waals surface area (Å²) in [7, 11) is 3.41. The topological polar surface area (TPSA) is 18.5 Å². The maximum absolute atomic E-state index is 5.51. The summed E-state index contributed by atoms with van der Waals surface area (Å²) in [6.07, 6.45) is 13.5. The Morgan fingerprint density at radius 3 is 0.935 bits per heavy atom. The van der Waals surface area contributed by atoms with Crippen molar-refractivity contribution in [3.8, 4) is 11.5 Å². The van der Waals surface area contributed by atoms with Gasteiger partial charge in [0.25, 0.3) is 0 Å². The van der Waals surface area contributed by atoms with Gasteiger partial charge in [-0.05, 0) is 137 Å². The molecule has 0 aromatic heterocycles. The fourth-order valence-corrected chi connectivity index (χ4v) is 7.99. The van der Waals surface area contributed by atoms with Gasteiger partial charge in [-0.2, -0.15) is 0 Å². The van der Waals surface area contributed by atoms with E-state index in [1.54, 1.807) is 14.2 Å². The van der Waals surface area contributed by atoms with Crippen LogP contribution < -0.4 is 9.47 Å². The molecule has 9 aromatic rings. The maximum Gasteiger partial charge on any atom is 0.118 e. The highest BCUT2D eigenvalue weighted by molar-refractivity contribution is 5.98. The lowest BCUT2D eigenvalue weighted by Gasteiger charge is -2.13. The lowest BCUT2D eigenvalue weighted by atomic mass is 9.92. The number of rotatable bonds is 12. The van der Waals surface area contributed by atoms with E-state index >= 15 is 0 Å². The largest absolute Gasteiger partial charge is 0.497 e. The van der Waals surface area contributed by atoms with E-state index < -0.39 is 0 Å². The zero-order valence-electron chi connectivity index (χ0n) is 34.9. The normalized spacial score (nSPS) is 12.1. The lowest BCUT2D eigenvalue weighted by Crippen LogP contribution is -1.91. The van der Waals surface area contributed by atoms with Crippen LogP contribution in [0.5, 0.6) is 11.5 Å². The predicted octanol–water partition coefficient (Wildman–Crippen LogP) is 15.5. The van der Waals surface area contributed by atoms with Crippen LogP contribution in [-0.4, -0.2) is 14.2 Å². The summed E-state index contributed by atoms with van der Waals surface area (Å²) in [5, 5.41) is 4.87. The molecular weight excluding hydrogens is 753 g/mol. The third kappa shape index (κ3) is 8.96. The van der Waals surface area contributed by atoms with E-state index in [0.717, 1.165) is 78.3 Å². The average molecular weight is 799 g/mol. The van der Waals surface area contributed by atoms with E-state index in [4.69, 9.17) is 9.47 Å². The molecule has 2 nitrogen and oxygen atoms in total. The van der Waals surface area contributed by atoms with E-state index in [1.165, 1.54) is 21.5 Å². The second-order valence-electron chi connectivity index (χ2n) is 15.3. The SMILES string of the molecule is COc1ccc(/C(=C\c2ccccc2C=Cc2ccccc2C=Cc2ccccc2/C=C(\c2ccc(OC)cc2)c2ccc3ccccc3c2)c2ccc3ccccc3c2)cc1. The van der Waals surface area contributed by atoms with Gasteiger partial charge in [0.05, 0.1) is 14.2 Å². The molecule has 0 amide bonds. The molecule has 2 heteroatoms. The van der Waals surface area contributed by atoms with Crippen molar-refractivity contribution in [2.75, 3.05) is 14.2 Å². The van der Waals surface area contributed by atoms with E-state index in [0.29, 0.717) is 0 Å². The zero-order valence-corrected chi connectivity index (χ0v) is 34.9. The molecule has 0 unspecified atom stereocenters. The Balaban J connectivity index is 1.06. The molecule has 0 spiro atoms. The number of hydrogen-bond acceptors (Lipinski definition) is 2. The molecule has 0 aliphatic rings. The van der Waals surface area contributed by atoms with Gasteiger partial charge in [0.2, 0.25) is 0 Å². The van der Waals surface area contributed by atoms with Crippen molar-refractivity contribution < 1.29 is 9.47 Å². The molecule has 0 saturated carbocycles. The fraction of sp³-hybridized carbons (Fsp3) is 0.0333.